The summed E-state index contributed by atoms with van der Waals surface area (Å²) in [5.74, 6) is -0.681. The van der Waals surface area contributed by atoms with E-state index in [1.54, 1.807) is 42.5 Å². The van der Waals surface area contributed by atoms with Crippen molar-refractivity contribution in [2.45, 2.75) is 19.5 Å². The number of nitrogens with one attached hydrogen (secondary N) is 1. The quantitative estimate of drug-likeness (QED) is 0.277. The molecule has 0 aliphatic carbocycles. The highest BCUT2D eigenvalue weighted by molar-refractivity contribution is 6.02. The van der Waals surface area contributed by atoms with E-state index in [0.717, 1.165) is 0 Å². The highest BCUT2D eigenvalue weighted by atomic mass is 16.5. The molecular weight excluding hydrogens is 450 g/mol. The monoisotopic (exact) mass is 475 g/mol. The van der Waals surface area contributed by atoms with E-state index in [-0.39, 0.29) is 24.6 Å². The number of para-hydroxylation sites is 1. The van der Waals surface area contributed by atoms with E-state index in [0.29, 0.717) is 28.9 Å². The Balaban J connectivity index is 1.74. The van der Waals surface area contributed by atoms with Gasteiger partial charge in [-0.15, -0.1) is 5.10 Å². The van der Waals surface area contributed by atoms with Crippen LogP contribution in [-0.2, 0) is 20.9 Å². The number of rotatable bonds is 10. The second-order valence-corrected chi connectivity index (χ2v) is 7.80. The van der Waals surface area contributed by atoms with Crippen molar-refractivity contribution < 1.29 is 23.5 Å². The molecule has 0 fully saturated rings. The summed E-state index contributed by atoms with van der Waals surface area (Å²) in [4.78, 5) is 40.2. The van der Waals surface area contributed by atoms with Crippen LogP contribution < -0.4 is 10.2 Å². The van der Waals surface area contributed by atoms with Crippen LogP contribution in [0.5, 0.6) is 0 Å². The van der Waals surface area contributed by atoms with E-state index in [1.807, 2.05) is 18.2 Å². The van der Waals surface area contributed by atoms with E-state index in [1.165, 1.54) is 29.9 Å². The fraction of sp³-hybridized carbons (Fsp3) is 0.240. The summed E-state index contributed by atoms with van der Waals surface area (Å²) in [7, 11) is 1.53. The van der Waals surface area contributed by atoms with Gasteiger partial charge in [-0.05, 0) is 55.5 Å². The van der Waals surface area contributed by atoms with E-state index >= 15 is 0 Å². The van der Waals surface area contributed by atoms with Gasteiger partial charge in [0.25, 0.3) is 5.91 Å². The Bertz CT molecular complexity index is 1310. The van der Waals surface area contributed by atoms with Gasteiger partial charge in [-0.1, -0.05) is 17.3 Å². The van der Waals surface area contributed by atoms with Crippen LogP contribution in [0.25, 0.3) is 11.0 Å². The maximum absolute atomic E-state index is 13.8. The molecule has 10 nitrogen and oxygen atoms in total. The molecule has 0 saturated heterocycles. The topological polar surface area (TPSA) is 120 Å². The zero-order valence-corrected chi connectivity index (χ0v) is 19.4. The molecule has 2 aromatic carbocycles. The van der Waals surface area contributed by atoms with Gasteiger partial charge in [0.2, 0.25) is 5.91 Å². The second kappa shape index (κ2) is 10.7. The van der Waals surface area contributed by atoms with Gasteiger partial charge >= 0.3 is 0 Å². The van der Waals surface area contributed by atoms with E-state index in [4.69, 9.17) is 9.15 Å². The Morgan fingerprint density at radius 2 is 1.86 bits per heavy atom. The van der Waals surface area contributed by atoms with Gasteiger partial charge in [0.1, 0.15) is 17.8 Å². The van der Waals surface area contributed by atoms with Crippen LogP contribution in [0, 0.1) is 0 Å². The minimum atomic E-state index is -1.10. The summed E-state index contributed by atoms with van der Waals surface area (Å²) in [6.07, 6.45) is 1.44. The second-order valence-electron chi connectivity index (χ2n) is 7.80. The first kappa shape index (κ1) is 23.8. The van der Waals surface area contributed by atoms with Crippen LogP contribution in [0.15, 0.2) is 71.3 Å². The van der Waals surface area contributed by atoms with Crippen LogP contribution in [0.4, 0.5) is 5.69 Å². The Kier molecular flexibility index (Phi) is 7.32. The molecule has 35 heavy (non-hydrogen) atoms. The first-order valence-electron chi connectivity index (χ1n) is 11.0. The number of hydrogen-bond donors (Lipinski definition) is 1. The van der Waals surface area contributed by atoms with Gasteiger partial charge in [0.15, 0.2) is 11.8 Å². The number of benzene rings is 2. The number of methoxy groups -OCH3 is 1. The standard InChI is InChI=1S/C25H25N5O5/c1-17(31)18-9-11-19(12-10-18)30(23(32)16-29-21-7-4-3-6-20(21)27-28-29)24(22-8-5-14-35-22)25(33)26-13-15-34-2/h3-12,14,24H,13,15-16H2,1-2H3,(H,26,33)/t24-/m1/s1. The number of amides is 2. The van der Waals surface area contributed by atoms with Gasteiger partial charge in [0.05, 0.1) is 18.4 Å². The maximum Gasteiger partial charge on any atom is 0.251 e. The lowest BCUT2D eigenvalue weighted by molar-refractivity contribution is -0.127. The van der Waals surface area contributed by atoms with Crippen LogP contribution in [0.3, 0.4) is 0 Å². The molecule has 0 spiro atoms. The molecule has 0 unspecified atom stereocenters. The minimum Gasteiger partial charge on any atom is -0.467 e. The van der Waals surface area contributed by atoms with Crippen LogP contribution in [0.1, 0.15) is 29.1 Å². The van der Waals surface area contributed by atoms with Gasteiger partial charge in [-0.2, -0.15) is 0 Å². The van der Waals surface area contributed by atoms with E-state index < -0.39 is 17.9 Å². The normalized spacial score (nSPS) is 11.8. The summed E-state index contributed by atoms with van der Waals surface area (Å²) in [6.45, 7) is 1.86. The smallest absolute Gasteiger partial charge is 0.251 e. The largest absolute Gasteiger partial charge is 0.467 e. The van der Waals surface area contributed by atoms with Crippen LogP contribution >= 0.6 is 0 Å². The predicted molar refractivity (Wildman–Crippen MR) is 128 cm³/mol. The third kappa shape index (κ3) is 5.28. The molecule has 0 aliphatic rings. The minimum absolute atomic E-state index is 0.108. The summed E-state index contributed by atoms with van der Waals surface area (Å²) in [6, 6.07) is 16.0. The van der Waals surface area contributed by atoms with Crippen molar-refractivity contribution in [2.24, 2.45) is 0 Å². The molecule has 1 atom stereocenters. The number of anilines is 1. The molecule has 0 radical (unpaired) electrons. The molecule has 0 aliphatic heterocycles. The average Bonchev–Trinajstić information content (AvgIpc) is 3.53. The first-order chi connectivity index (χ1) is 17.0. The molecule has 1 N–H and O–H groups in total. The van der Waals surface area contributed by atoms with Gasteiger partial charge in [0, 0.05) is 24.9 Å². The molecule has 2 aromatic heterocycles. The van der Waals surface area contributed by atoms with Gasteiger partial charge < -0.3 is 14.5 Å². The number of carbonyl (C=O) groups is 3. The zero-order chi connectivity index (χ0) is 24.8. The predicted octanol–water partition coefficient (Wildman–Crippen LogP) is 2.76. The highest BCUT2D eigenvalue weighted by Crippen LogP contribution is 2.29. The number of ether oxygens (including phenoxy) is 1. The number of Topliss-reactive ketones (excluding diaryl/α,β-unsaturated/α-hetero) is 1. The molecule has 2 amide bonds. The van der Waals surface area contributed by atoms with Crippen molar-refractivity contribution in [2.75, 3.05) is 25.2 Å². The van der Waals surface area contributed by atoms with Crippen molar-refractivity contribution in [3.8, 4) is 0 Å². The van der Waals surface area contributed by atoms with Crippen LogP contribution in [-0.4, -0.2) is 52.9 Å². The van der Waals surface area contributed by atoms with E-state index in [2.05, 4.69) is 15.6 Å². The van der Waals surface area contributed by atoms with Crippen molar-refractivity contribution in [1.29, 1.82) is 0 Å². The number of nitrogens with zero attached hydrogens (tertiary/aromatic N) is 4. The SMILES string of the molecule is COCCNC(=O)[C@@H](c1ccco1)N(C(=O)Cn1nnc2ccccc21)c1ccc(C(C)=O)cc1. The molecule has 0 saturated carbocycles. The Morgan fingerprint density at radius 3 is 2.54 bits per heavy atom. The van der Waals surface area contributed by atoms with Crippen molar-refractivity contribution in [3.63, 3.8) is 0 Å². The molecule has 0 bridgehead atoms. The van der Waals surface area contributed by atoms with Crippen molar-refractivity contribution in [1.82, 2.24) is 20.3 Å². The van der Waals surface area contributed by atoms with Crippen molar-refractivity contribution in [3.05, 3.63) is 78.3 Å². The Labute approximate surface area is 201 Å². The molecule has 2 heterocycles. The summed E-state index contributed by atoms with van der Waals surface area (Å²) in [5.41, 5.74) is 2.25. The first-order valence-corrected chi connectivity index (χ1v) is 11.0. The van der Waals surface area contributed by atoms with Gasteiger partial charge in [-0.3, -0.25) is 19.3 Å². The summed E-state index contributed by atoms with van der Waals surface area (Å²) >= 11 is 0. The number of fused-ring (bicyclic) bond motifs is 1. The summed E-state index contributed by atoms with van der Waals surface area (Å²) < 4.78 is 12.1. The number of furan rings is 1. The lowest BCUT2D eigenvalue weighted by atomic mass is 10.1. The fourth-order valence-corrected chi connectivity index (χ4v) is 3.73. The number of hydrogen-bond acceptors (Lipinski definition) is 7. The Hall–Kier alpha value is -4.31. The van der Waals surface area contributed by atoms with Crippen LogP contribution in [0.2, 0.25) is 0 Å². The third-order valence-electron chi connectivity index (χ3n) is 5.45. The lowest BCUT2D eigenvalue weighted by Gasteiger charge is -2.30. The fourth-order valence-electron chi connectivity index (χ4n) is 3.73. The Morgan fingerprint density at radius 1 is 1.09 bits per heavy atom. The number of ketones is 1. The summed E-state index contributed by atoms with van der Waals surface area (Å²) in [5, 5.41) is 11.0. The molecular formula is C25H25N5O5. The zero-order valence-electron chi connectivity index (χ0n) is 19.4. The molecule has 4 aromatic rings. The lowest BCUT2D eigenvalue weighted by Crippen LogP contribution is -2.45. The van der Waals surface area contributed by atoms with Crippen molar-refractivity contribution >= 4 is 34.3 Å². The number of carbonyl (C=O) groups excluding carboxylic acids is 3. The third-order valence-corrected chi connectivity index (χ3v) is 5.45. The van der Waals surface area contributed by atoms with Gasteiger partial charge in [-0.25, -0.2) is 4.68 Å². The number of aromatic nitrogens is 3. The molecule has 10 heteroatoms. The molecule has 4 rings (SSSR count). The average molecular weight is 476 g/mol. The maximum atomic E-state index is 13.8. The highest BCUT2D eigenvalue weighted by Gasteiger charge is 2.35. The van der Waals surface area contributed by atoms with E-state index in [9.17, 15) is 14.4 Å². The molecule has 180 valence electrons.